The maximum absolute atomic E-state index is 13.7. The smallest absolute Gasteiger partial charge is 0.335 e. The number of nitrogens with one attached hydrogen (secondary N) is 4. The van der Waals surface area contributed by atoms with E-state index in [2.05, 4.69) is 20.7 Å². The van der Waals surface area contributed by atoms with Crippen LogP contribution in [0.25, 0.3) is 0 Å². The van der Waals surface area contributed by atoms with Crippen LogP contribution in [0.5, 0.6) is 11.5 Å². The largest absolute Gasteiger partial charge is 0.479 e. The lowest BCUT2D eigenvalue weighted by atomic mass is 9.94. The van der Waals surface area contributed by atoms with Gasteiger partial charge in [-0.05, 0) is 24.3 Å². The van der Waals surface area contributed by atoms with Crippen molar-refractivity contribution in [2.24, 2.45) is 0 Å². The second kappa shape index (κ2) is 23.4. The maximum atomic E-state index is 13.7. The number of aliphatic hydroxyl groups excluding tert-OH is 10. The molecule has 3 amide bonds. The van der Waals surface area contributed by atoms with Crippen LogP contribution in [-0.2, 0) is 62.4 Å². The fourth-order valence-electron chi connectivity index (χ4n) is 8.11. The van der Waals surface area contributed by atoms with Crippen molar-refractivity contribution in [2.45, 2.75) is 137 Å². The minimum absolute atomic E-state index is 0.0377. The number of aliphatic carboxylic acids is 1. The molecule has 6 rings (SSSR count). The summed E-state index contributed by atoms with van der Waals surface area (Å²) < 4.78 is 71.6. The van der Waals surface area contributed by atoms with Crippen LogP contribution in [-0.4, -0.2) is 230 Å². The lowest BCUT2D eigenvalue weighted by molar-refractivity contribution is -0.368. The summed E-state index contributed by atoms with van der Waals surface area (Å²) in [5.74, 6) is -4.56. The molecule has 0 bridgehead atoms. The molecule has 4 aliphatic rings. The summed E-state index contributed by atoms with van der Waals surface area (Å²) in [5, 5.41) is 126. The molecule has 0 aliphatic carbocycles. The summed E-state index contributed by atoms with van der Waals surface area (Å²) in [7, 11) is -3.83. The van der Waals surface area contributed by atoms with E-state index in [0.29, 0.717) is 0 Å². The summed E-state index contributed by atoms with van der Waals surface area (Å²) in [6.07, 6.45) is -36.4. The highest BCUT2D eigenvalue weighted by atomic mass is 32.2. The van der Waals surface area contributed by atoms with Crippen molar-refractivity contribution < 1.29 is 122 Å². The van der Waals surface area contributed by atoms with Gasteiger partial charge in [0.05, 0.1) is 25.2 Å². The third-order valence-corrected chi connectivity index (χ3v) is 12.1. The van der Waals surface area contributed by atoms with E-state index in [9.17, 15) is 83.8 Å². The third kappa shape index (κ3) is 13.1. The predicted octanol–water partition coefficient (Wildman–Crippen LogP) is -6.56. The standard InChI is InChI=1S/C41H56N4O25S/c1-14(48)42-22-31(24(50)20(12-46)64-38(22)60)66-41-30(56)28(54)33(35(70-41)37(58)59)68-39-23(43-15(2)49)32(25(51)21(13-47)65-39)67-40-29(55)26(52)27(53)34(69-40)36(57)44-16-9-10-18(45-71(3,61)62)19(11-16)63-17-7-5-4-6-8-17/h4-11,20-35,38-41,45-47,50-56,60H,12-13H2,1-3H3,(H,42,48)(H,43,49)(H,44,57)(H,58,59). The number of rotatable bonds is 17. The van der Waals surface area contributed by atoms with Crippen molar-refractivity contribution >= 4 is 45.1 Å². The lowest BCUT2D eigenvalue weighted by Crippen LogP contribution is -2.70. The van der Waals surface area contributed by atoms with Crippen molar-refractivity contribution in [1.82, 2.24) is 10.6 Å². The van der Waals surface area contributed by atoms with Gasteiger partial charge in [-0.2, -0.15) is 0 Å². The Labute approximate surface area is 402 Å². The molecule has 0 spiro atoms. The fraction of sp³-hybridized carbons (Fsp3) is 0.610. The number of carboxylic acid groups (broad SMARTS) is 1. The van der Waals surface area contributed by atoms with Gasteiger partial charge in [0.2, 0.25) is 21.8 Å². The number of ether oxygens (including phenoxy) is 8. The molecular formula is C41H56N4O25S. The summed E-state index contributed by atoms with van der Waals surface area (Å²) in [4.78, 5) is 51.1. The molecule has 0 saturated carbocycles. The number of sulfonamides is 1. The quantitative estimate of drug-likeness (QED) is 0.0700. The average molecular weight is 1040 g/mol. The van der Waals surface area contributed by atoms with Gasteiger partial charge in [0, 0.05) is 25.6 Å². The topological polar surface area (TPSA) is 447 Å². The molecule has 2 aromatic rings. The van der Waals surface area contributed by atoms with Gasteiger partial charge >= 0.3 is 5.97 Å². The monoisotopic (exact) mass is 1040 g/mol. The van der Waals surface area contributed by atoms with Crippen LogP contribution in [0.3, 0.4) is 0 Å². The van der Waals surface area contributed by atoms with Crippen LogP contribution in [0.4, 0.5) is 11.4 Å². The number of benzene rings is 2. The van der Waals surface area contributed by atoms with Gasteiger partial charge in [-0.1, -0.05) is 18.2 Å². The van der Waals surface area contributed by atoms with Crippen LogP contribution in [0, 0.1) is 0 Å². The first-order valence-corrected chi connectivity index (χ1v) is 23.5. The van der Waals surface area contributed by atoms with Crippen LogP contribution in [0.2, 0.25) is 0 Å². The summed E-state index contributed by atoms with van der Waals surface area (Å²) in [5.41, 5.74) is -0.101. The Bertz CT molecular complexity index is 2290. The molecule has 2 aromatic carbocycles. The van der Waals surface area contributed by atoms with Crippen molar-refractivity contribution in [3.05, 3.63) is 48.5 Å². The minimum atomic E-state index is -3.83. The minimum Gasteiger partial charge on any atom is -0.479 e. The summed E-state index contributed by atoms with van der Waals surface area (Å²) >= 11 is 0. The Morgan fingerprint density at radius 1 is 0.620 bits per heavy atom. The molecule has 0 aromatic heterocycles. The Kier molecular flexibility index (Phi) is 18.3. The molecule has 15 N–H and O–H groups in total. The number of carbonyl (C=O) groups is 4. The Balaban J connectivity index is 1.23. The average Bonchev–Trinajstić information content (AvgIpc) is 3.30. The number of carbonyl (C=O) groups excluding carboxylic acids is 3. The van der Waals surface area contributed by atoms with Crippen LogP contribution in [0.1, 0.15) is 13.8 Å². The number of hydrogen-bond donors (Lipinski definition) is 15. The molecule has 20 atom stereocenters. The van der Waals surface area contributed by atoms with Gasteiger partial charge in [-0.15, -0.1) is 0 Å². The molecule has 4 aliphatic heterocycles. The molecule has 4 fully saturated rings. The molecular weight excluding hydrogens is 981 g/mol. The van der Waals surface area contributed by atoms with Crippen molar-refractivity contribution in [3.8, 4) is 11.5 Å². The van der Waals surface area contributed by atoms with Gasteiger partial charge < -0.3 is 110 Å². The number of para-hydroxylation sites is 1. The summed E-state index contributed by atoms with van der Waals surface area (Å²) in [6.45, 7) is 0.0518. The third-order valence-electron chi connectivity index (χ3n) is 11.5. The van der Waals surface area contributed by atoms with E-state index in [1.165, 1.54) is 18.2 Å². The molecule has 20 unspecified atom stereocenters. The van der Waals surface area contributed by atoms with Crippen LogP contribution < -0.4 is 25.4 Å². The molecule has 30 heteroatoms. The van der Waals surface area contributed by atoms with E-state index in [-0.39, 0.29) is 22.9 Å². The van der Waals surface area contributed by atoms with Crippen LogP contribution >= 0.6 is 0 Å². The predicted molar refractivity (Wildman–Crippen MR) is 231 cm³/mol. The second-order valence-corrected chi connectivity index (χ2v) is 18.6. The first-order valence-electron chi connectivity index (χ1n) is 21.6. The van der Waals surface area contributed by atoms with E-state index < -0.39 is 170 Å². The second-order valence-electron chi connectivity index (χ2n) is 16.8. The molecule has 71 heavy (non-hydrogen) atoms. The SMILES string of the molecule is CC(=O)NC1C(O)OC(CO)C(O)C1OC1OC(C(=O)O)C(OC2OC(CO)C(O)C(OC3OC(C(=O)Nc4ccc(NS(C)(=O)=O)c(Oc5ccccc5)c4)C(O)C(O)C3O)C2NC(C)=O)C(O)C1O. The van der Waals surface area contributed by atoms with Crippen LogP contribution in [0.15, 0.2) is 48.5 Å². The molecule has 29 nitrogen and oxygen atoms in total. The molecule has 396 valence electrons. The highest BCUT2D eigenvalue weighted by molar-refractivity contribution is 7.92. The maximum Gasteiger partial charge on any atom is 0.335 e. The first-order chi connectivity index (χ1) is 33.4. The van der Waals surface area contributed by atoms with Gasteiger partial charge in [-0.25, -0.2) is 13.2 Å². The Morgan fingerprint density at radius 2 is 1.15 bits per heavy atom. The van der Waals surface area contributed by atoms with Gasteiger partial charge in [0.1, 0.15) is 91.1 Å². The highest BCUT2D eigenvalue weighted by Crippen LogP contribution is 2.36. The van der Waals surface area contributed by atoms with Crippen molar-refractivity contribution in [1.29, 1.82) is 0 Å². The lowest BCUT2D eigenvalue weighted by Gasteiger charge is -2.49. The van der Waals surface area contributed by atoms with Gasteiger partial charge in [0.25, 0.3) is 5.91 Å². The number of anilines is 2. The highest BCUT2D eigenvalue weighted by Gasteiger charge is 2.57. The molecule has 4 saturated heterocycles. The molecule has 0 radical (unpaired) electrons. The number of aliphatic hydroxyl groups is 10. The van der Waals surface area contributed by atoms with E-state index in [4.69, 9.17) is 37.9 Å². The Hall–Kier alpha value is -4.81. The van der Waals surface area contributed by atoms with E-state index >= 15 is 0 Å². The van der Waals surface area contributed by atoms with Crippen molar-refractivity contribution in [2.75, 3.05) is 29.5 Å². The number of hydrogen-bond acceptors (Lipinski definition) is 24. The number of amides is 3. The zero-order valence-electron chi connectivity index (χ0n) is 37.6. The van der Waals surface area contributed by atoms with Gasteiger partial charge in [-0.3, -0.25) is 19.1 Å². The van der Waals surface area contributed by atoms with Crippen molar-refractivity contribution in [3.63, 3.8) is 0 Å². The van der Waals surface area contributed by atoms with Gasteiger partial charge in [0.15, 0.2) is 43.1 Å². The molecule has 4 heterocycles. The van der Waals surface area contributed by atoms with E-state index in [1.807, 2.05) is 0 Å². The fourth-order valence-corrected chi connectivity index (χ4v) is 8.68. The zero-order chi connectivity index (χ0) is 52.2. The zero-order valence-corrected chi connectivity index (χ0v) is 38.4. The Morgan fingerprint density at radius 3 is 1.72 bits per heavy atom. The first kappa shape index (κ1) is 55.5. The van der Waals surface area contributed by atoms with E-state index in [1.54, 1.807) is 30.3 Å². The van der Waals surface area contributed by atoms with E-state index in [0.717, 1.165) is 20.1 Å². The number of carboxylic acids is 1. The summed E-state index contributed by atoms with van der Waals surface area (Å²) in [6, 6.07) is 8.33. The normalized spacial score (nSPS) is 37.5.